The van der Waals surface area contributed by atoms with Gasteiger partial charge in [0.15, 0.2) is 0 Å². The van der Waals surface area contributed by atoms with Gasteiger partial charge in [-0.25, -0.2) is 0 Å². The van der Waals surface area contributed by atoms with Crippen LogP contribution in [0.4, 0.5) is 0 Å². The lowest BCUT2D eigenvalue weighted by Gasteiger charge is -2.30. The minimum absolute atomic E-state index is 0.0720. The number of phenolic OH excluding ortho intramolecular Hbond substituents is 1. The van der Waals surface area contributed by atoms with Crippen LogP contribution in [-0.2, 0) is 16.1 Å². The maximum absolute atomic E-state index is 12.5. The number of carbonyl (C=O) groups excluding carboxylic acids is 1. The summed E-state index contributed by atoms with van der Waals surface area (Å²) < 4.78 is 5.20. The van der Waals surface area contributed by atoms with Crippen molar-refractivity contribution in [3.8, 4) is 5.75 Å². The first kappa shape index (κ1) is 25.5. The number of rotatable bonds is 7. The number of allylic oxidation sites excluding steroid dienone is 3. The number of hydrogen-bond acceptors (Lipinski definition) is 4. The summed E-state index contributed by atoms with van der Waals surface area (Å²) >= 11 is 0. The van der Waals surface area contributed by atoms with Gasteiger partial charge in [0, 0.05) is 30.3 Å². The number of carbonyl (C=O) groups is 1. The van der Waals surface area contributed by atoms with Crippen molar-refractivity contribution < 1.29 is 14.6 Å². The zero-order valence-corrected chi connectivity index (χ0v) is 18.4. The maximum atomic E-state index is 12.5. The van der Waals surface area contributed by atoms with E-state index in [0.717, 1.165) is 0 Å². The van der Waals surface area contributed by atoms with Crippen LogP contribution in [0.5, 0.6) is 5.75 Å². The van der Waals surface area contributed by atoms with Crippen molar-refractivity contribution in [3.63, 3.8) is 0 Å². The highest BCUT2D eigenvalue weighted by Gasteiger charge is 2.30. The van der Waals surface area contributed by atoms with Crippen LogP contribution < -0.4 is 5.73 Å². The molecule has 0 aliphatic carbocycles. The van der Waals surface area contributed by atoms with Crippen LogP contribution in [0.2, 0.25) is 0 Å². The van der Waals surface area contributed by atoms with Crippen LogP contribution in [-0.4, -0.2) is 36.1 Å². The molecule has 0 fully saturated rings. The van der Waals surface area contributed by atoms with Crippen molar-refractivity contribution in [1.82, 2.24) is 4.90 Å². The normalized spacial score (nSPS) is 12.4. The fourth-order valence-electron chi connectivity index (χ4n) is 2.44. The van der Waals surface area contributed by atoms with Crippen molar-refractivity contribution in [2.75, 3.05) is 14.2 Å². The van der Waals surface area contributed by atoms with Gasteiger partial charge in [-0.15, -0.1) is 0 Å². The Bertz CT molecular complexity index is 715. The number of amides is 1. The van der Waals surface area contributed by atoms with E-state index in [2.05, 4.69) is 13.2 Å². The molecule has 28 heavy (non-hydrogen) atoms. The molecule has 3 N–H and O–H groups in total. The molecule has 1 rings (SSSR count). The van der Waals surface area contributed by atoms with Crippen LogP contribution in [0.15, 0.2) is 49.3 Å². The molecule has 0 aromatic heterocycles. The largest absolute Gasteiger partial charge is 0.507 e. The molecule has 0 heterocycles. The molecule has 1 aromatic carbocycles. The first-order valence-corrected chi connectivity index (χ1v) is 9.42. The third-order valence-corrected chi connectivity index (χ3v) is 4.22. The Hall–Kier alpha value is -2.53. The molecule has 5 nitrogen and oxygen atoms in total. The molecule has 0 aliphatic rings. The summed E-state index contributed by atoms with van der Waals surface area (Å²) in [4.78, 5) is 14.1. The average Bonchev–Trinajstić information content (AvgIpc) is 2.67. The van der Waals surface area contributed by atoms with E-state index >= 15 is 0 Å². The number of benzene rings is 1. The van der Waals surface area contributed by atoms with Crippen LogP contribution >= 0.6 is 0 Å². The average molecular weight is 389 g/mol. The van der Waals surface area contributed by atoms with Gasteiger partial charge in [0.1, 0.15) is 11.5 Å². The standard InChI is InChI=1S/C21H30N2O3.C2H6/c1-8-10-16(14(2)26-7)17-12-9-11-15(18(17)24)13-23(6)20(25)19(22)21(3,4)5;1-2/h8-12,19,24H,1-2,13,22H2,3-7H3;1-2H3/b16-10+;. The summed E-state index contributed by atoms with van der Waals surface area (Å²) in [6.07, 6.45) is 3.32. The van der Waals surface area contributed by atoms with Crippen LogP contribution in [0, 0.1) is 5.41 Å². The minimum atomic E-state index is -0.623. The van der Waals surface area contributed by atoms with Gasteiger partial charge in [-0.3, -0.25) is 4.79 Å². The Labute approximate surface area is 170 Å². The predicted octanol–water partition coefficient (Wildman–Crippen LogP) is 4.48. The first-order valence-electron chi connectivity index (χ1n) is 9.42. The number of nitrogens with two attached hydrogens (primary N) is 1. The molecule has 0 radical (unpaired) electrons. The molecule has 0 saturated heterocycles. The summed E-state index contributed by atoms with van der Waals surface area (Å²) in [6.45, 7) is 17.5. The molecule has 1 atom stereocenters. The van der Waals surface area contributed by atoms with E-state index in [1.165, 1.54) is 12.0 Å². The van der Waals surface area contributed by atoms with Gasteiger partial charge in [-0.1, -0.05) is 78.1 Å². The SMILES string of the molecule is C=C/C=C(\C(=C)OC)c1cccc(CN(C)C(=O)C(N)C(C)(C)C)c1O.CC. The Morgan fingerprint density at radius 2 is 1.93 bits per heavy atom. The highest BCUT2D eigenvalue weighted by atomic mass is 16.5. The Morgan fingerprint density at radius 3 is 2.39 bits per heavy atom. The number of hydrogen-bond donors (Lipinski definition) is 2. The summed E-state index contributed by atoms with van der Waals surface area (Å²) in [7, 11) is 3.19. The van der Waals surface area contributed by atoms with E-state index in [1.807, 2.05) is 40.7 Å². The third kappa shape index (κ3) is 6.57. The summed E-state index contributed by atoms with van der Waals surface area (Å²) in [5, 5.41) is 10.7. The second-order valence-corrected chi connectivity index (χ2v) is 7.29. The molecular formula is C23H36N2O3. The molecule has 5 heteroatoms. The van der Waals surface area contributed by atoms with E-state index < -0.39 is 6.04 Å². The third-order valence-electron chi connectivity index (χ3n) is 4.22. The van der Waals surface area contributed by atoms with E-state index in [4.69, 9.17) is 10.5 Å². The van der Waals surface area contributed by atoms with Crippen LogP contribution in [0.25, 0.3) is 5.57 Å². The molecule has 0 spiro atoms. The van der Waals surface area contributed by atoms with Crippen molar-refractivity contribution in [1.29, 1.82) is 0 Å². The summed E-state index contributed by atoms with van der Waals surface area (Å²) in [6, 6.07) is 4.72. The predicted molar refractivity (Wildman–Crippen MR) is 118 cm³/mol. The van der Waals surface area contributed by atoms with Gasteiger partial charge in [-0.05, 0) is 5.41 Å². The molecule has 1 amide bonds. The van der Waals surface area contributed by atoms with Crippen LogP contribution in [0.3, 0.4) is 0 Å². The molecule has 156 valence electrons. The van der Waals surface area contributed by atoms with Gasteiger partial charge < -0.3 is 20.5 Å². The first-order chi connectivity index (χ1) is 13.0. The zero-order valence-electron chi connectivity index (χ0n) is 18.4. The number of methoxy groups -OCH3 is 1. The topological polar surface area (TPSA) is 75.8 Å². The van der Waals surface area contributed by atoms with Gasteiger partial charge in [0.25, 0.3) is 0 Å². The Kier molecular flexibility index (Phi) is 10.3. The van der Waals surface area contributed by atoms with Gasteiger partial charge in [-0.2, -0.15) is 0 Å². The van der Waals surface area contributed by atoms with E-state index in [1.54, 1.807) is 31.3 Å². The highest BCUT2D eigenvalue weighted by molar-refractivity contribution is 5.83. The van der Waals surface area contributed by atoms with E-state index in [9.17, 15) is 9.90 Å². The molecule has 0 aliphatic heterocycles. The minimum Gasteiger partial charge on any atom is -0.507 e. The monoisotopic (exact) mass is 388 g/mol. The van der Waals surface area contributed by atoms with Crippen molar-refractivity contribution >= 4 is 11.5 Å². The quantitative estimate of drug-likeness (QED) is 0.533. The van der Waals surface area contributed by atoms with Crippen LogP contribution in [0.1, 0.15) is 45.7 Å². The van der Waals surface area contributed by atoms with Gasteiger partial charge >= 0.3 is 0 Å². The maximum Gasteiger partial charge on any atom is 0.240 e. The fourth-order valence-corrected chi connectivity index (χ4v) is 2.44. The number of nitrogens with zero attached hydrogens (tertiary/aromatic N) is 1. The summed E-state index contributed by atoms with van der Waals surface area (Å²) in [5.74, 6) is 0.310. The van der Waals surface area contributed by atoms with Crippen molar-refractivity contribution in [3.05, 3.63) is 60.4 Å². The molecular weight excluding hydrogens is 352 g/mol. The second-order valence-electron chi connectivity index (χ2n) is 7.29. The molecule has 1 aromatic rings. The summed E-state index contributed by atoms with van der Waals surface area (Å²) in [5.41, 5.74) is 7.52. The molecule has 1 unspecified atom stereocenters. The lowest BCUT2D eigenvalue weighted by Crippen LogP contribution is -2.48. The van der Waals surface area contributed by atoms with Gasteiger partial charge in [0.2, 0.25) is 5.91 Å². The Balaban J connectivity index is 0.00000352. The number of likely N-dealkylation sites (N-methyl/N-ethyl adjacent to an activating group) is 1. The lowest BCUT2D eigenvalue weighted by molar-refractivity contribution is -0.134. The number of para-hydroxylation sites is 1. The second kappa shape index (κ2) is 11.3. The zero-order chi connectivity index (χ0) is 22.1. The van der Waals surface area contributed by atoms with E-state index in [-0.39, 0.29) is 23.6 Å². The Morgan fingerprint density at radius 1 is 1.36 bits per heavy atom. The molecule has 0 saturated carbocycles. The fraction of sp³-hybridized carbons (Fsp3) is 0.435. The smallest absolute Gasteiger partial charge is 0.240 e. The highest BCUT2D eigenvalue weighted by Crippen LogP contribution is 2.33. The number of ether oxygens (including phenoxy) is 1. The van der Waals surface area contributed by atoms with E-state index in [0.29, 0.717) is 22.5 Å². The van der Waals surface area contributed by atoms with Crippen molar-refractivity contribution in [2.24, 2.45) is 11.1 Å². The van der Waals surface area contributed by atoms with Gasteiger partial charge in [0.05, 0.1) is 13.2 Å². The lowest BCUT2D eigenvalue weighted by atomic mass is 9.86. The molecule has 0 bridgehead atoms. The number of aromatic hydroxyl groups is 1. The number of phenols is 1. The van der Waals surface area contributed by atoms with Crippen molar-refractivity contribution in [2.45, 2.75) is 47.2 Å².